The molecule has 0 rings (SSSR count). The van der Waals surface area contributed by atoms with Crippen LogP contribution in [-0.4, -0.2) is 49.2 Å². The van der Waals surface area contributed by atoms with E-state index in [1.807, 2.05) is 13.8 Å². The smallest absolute Gasteiger partial charge is 0.148 e. The summed E-state index contributed by atoms with van der Waals surface area (Å²) >= 11 is 1.43. The van der Waals surface area contributed by atoms with E-state index in [4.69, 9.17) is 10.8 Å². The fraction of sp³-hybridized carbons (Fsp3) is 1.00. The summed E-state index contributed by atoms with van der Waals surface area (Å²) in [6.07, 6.45) is 1.21. The molecule has 15 heavy (non-hydrogen) atoms. The van der Waals surface area contributed by atoms with Gasteiger partial charge in [0, 0.05) is 23.3 Å². The highest BCUT2D eigenvalue weighted by Gasteiger charge is 2.20. The van der Waals surface area contributed by atoms with Crippen LogP contribution in [0.1, 0.15) is 13.8 Å². The minimum absolute atomic E-state index is 0.00618. The molecule has 0 spiro atoms. The lowest BCUT2D eigenvalue weighted by Crippen LogP contribution is -2.39. The number of hydrogen-bond acceptors (Lipinski definition) is 5. The minimum atomic E-state index is -2.92. The van der Waals surface area contributed by atoms with E-state index in [0.717, 1.165) is 0 Å². The highest BCUT2D eigenvalue weighted by atomic mass is 32.2. The van der Waals surface area contributed by atoms with Gasteiger partial charge in [-0.15, -0.1) is 0 Å². The molecule has 2 atom stereocenters. The molecule has 0 heterocycles. The third-order valence-corrected chi connectivity index (χ3v) is 4.70. The van der Waals surface area contributed by atoms with Gasteiger partial charge in [-0.3, -0.25) is 0 Å². The number of aliphatic hydroxyl groups is 1. The lowest BCUT2D eigenvalue weighted by molar-refractivity contribution is 0.269. The first-order valence-corrected chi connectivity index (χ1v) is 8.04. The van der Waals surface area contributed by atoms with Crippen molar-refractivity contribution in [1.29, 1.82) is 0 Å². The van der Waals surface area contributed by atoms with Gasteiger partial charge in [-0.2, -0.15) is 11.8 Å². The molecular formula is C9H21NO3S2. The first-order chi connectivity index (χ1) is 6.78. The molecule has 0 amide bonds. The quantitative estimate of drug-likeness (QED) is 0.675. The van der Waals surface area contributed by atoms with E-state index < -0.39 is 9.84 Å². The molecule has 3 N–H and O–H groups in total. The molecule has 0 aromatic rings. The number of thioether (sulfide) groups is 1. The Kier molecular flexibility index (Phi) is 6.83. The lowest BCUT2D eigenvalue weighted by Gasteiger charge is -2.24. The Morgan fingerprint density at radius 2 is 1.93 bits per heavy atom. The Morgan fingerprint density at radius 3 is 2.27 bits per heavy atom. The Hall–Kier alpha value is 0.220. The van der Waals surface area contributed by atoms with Gasteiger partial charge in [0.2, 0.25) is 0 Å². The van der Waals surface area contributed by atoms with Crippen LogP contribution in [0.3, 0.4) is 0 Å². The fourth-order valence-corrected chi connectivity index (χ4v) is 3.61. The van der Waals surface area contributed by atoms with Crippen molar-refractivity contribution in [3.63, 3.8) is 0 Å². The van der Waals surface area contributed by atoms with Crippen LogP contribution in [0.4, 0.5) is 0 Å². The van der Waals surface area contributed by atoms with Crippen LogP contribution >= 0.6 is 11.8 Å². The zero-order valence-corrected chi connectivity index (χ0v) is 11.1. The summed E-state index contributed by atoms with van der Waals surface area (Å²) in [5.41, 5.74) is 5.89. The monoisotopic (exact) mass is 255 g/mol. The van der Waals surface area contributed by atoms with Crippen molar-refractivity contribution in [2.75, 3.05) is 24.4 Å². The van der Waals surface area contributed by atoms with Crippen LogP contribution in [0.2, 0.25) is 0 Å². The van der Waals surface area contributed by atoms with E-state index in [9.17, 15) is 8.42 Å². The van der Waals surface area contributed by atoms with Crippen LogP contribution in [0.5, 0.6) is 0 Å². The maximum absolute atomic E-state index is 10.9. The van der Waals surface area contributed by atoms with Crippen LogP contribution in [-0.2, 0) is 9.84 Å². The Balaban J connectivity index is 4.01. The molecule has 0 saturated heterocycles. The van der Waals surface area contributed by atoms with Crippen molar-refractivity contribution in [3.05, 3.63) is 0 Å². The third-order valence-electron chi connectivity index (χ3n) is 2.17. The molecular weight excluding hydrogens is 234 g/mol. The molecule has 0 radical (unpaired) electrons. The predicted octanol–water partition coefficient (Wildman–Crippen LogP) is 0.108. The number of hydrogen-bond donors (Lipinski definition) is 2. The SMILES string of the molecule is CC(C)C(N)C(CO)SCCS(C)(=O)=O. The molecule has 2 unspecified atom stereocenters. The Morgan fingerprint density at radius 1 is 1.40 bits per heavy atom. The maximum Gasteiger partial charge on any atom is 0.148 e. The van der Waals surface area contributed by atoms with Crippen molar-refractivity contribution in [2.45, 2.75) is 25.1 Å². The highest BCUT2D eigenvalue weighted by Crippen LogP contribution is 2.18. The first kappa shape index (κ1) is 15.2. The van der Waals surface area contributed by atoms with Crippen molar-refractivity contribution >= 4 is 21.6 Å². The van der Waals surface area contributed by atoms with E-state index >= 15 is 0 Å². The molecule has 0 bridgehead atoms. The summed E-state index contributed by atoms with van der Waals surface area (Å²) in [6.45, 7) is 3.97. The summed E-state index contributed by atoms with van der Waals surface area (Å²) in [4.78, 5) is 0. The van der Waals surface area contributed by atoms with Gasteiger partial charge in [0.15, 0.2) is 0 Å². The van der Waals surface area contributed by atoms with Gasteiger partial charge >= 0.3 is 0 Å². The van der Waals surface area contributed by atoms with E-state index in [-0.39, 0.29) is 29.6 Å². The summed E-state index contributed by atoms with van der Waals surface area (Å²) in [5.74, 6) is 0.914. The van der Waals surface area contributed by atoms with Crippen molar-refractivity contribution in [3.8, 4) is 0 Å². The normalized spacial score (nSPS) is 16.7. The Labute approximate surface area is 96.5 Å². The molecule has 4 nitrogen and oxygen atoms in total. The van der Waals surface area contributed by atoms with Crippen molar-refractivity contribution < 1.29 is 13.5 Å². The molecule has 0 saturated carbocycles. The zero-order valence-electron chi connectivity index (χ0n) is 9.51. The van der Waals surface area contributed by atoms with E-state index in [0.29, 0.717) is 5.75 Å². The molecule has 92 valence electrons. The average Bonchev–Trinajstić information content (AvgIpc) is 2.09. The standard InChI is InChI=1S/C9H21NO3S2/c1-7(2)9(10)8(6-11)14-4-5-15(3,12)13/h7-9,11H,4-6,10H2,1-3H3. The van der Waals surface area contributed by atoms with Crippen LogP contribution in [0.15, 0.2) is 0 Å². The first-order valence-electron chi connectivity index (χ1n) is 4.93. The van der Waals surface area contributed by atoms with Gasteiger partial charge in [0.1, 0.15) is 9.84 Å². The molecule has 0 aliphatic carbocycles. The molecule has 0 aliphatic rings. The van der Waals surface area contributed by atoms with Crippen LogP contribution < -0.4 is 5.73 Å². The molecule has 0 aromatic heterocycles. The summed E-state index contributed by atoms with van der Waals surface area (Å²) in [7, 11) is -2.92. The fourth-order valence-electron chi connectivity index (χ4n) is 1.07. The zero-order chi connectivity index (χ0) is 12.1. The van der Waals surface area contributed by atoms with Crippen molar-refractivity contribution in [1.82, 2.24) is 0 Å². The van der Waals surface area contributed by atoms with Gasteiger partial charge in [0.05, 0.1) is 12.4 Å². The number of aliphatic hydroxyl groups excluding tert-OH is 1. The Bertz CT molecular complexity index is 265. The van der Waals surface area contributed by atoms with Crippen LogP contribution in [0.25, 0.3) is 0 Å². The van der Waals surface area contributed by atoms with E-state index in [1.165, 1.54) is 18.0 Å². The van der Waals surface area contributed by atoms with Crippen LogP contribution in [0, 0.1) is 5.92 Å². The third kappa shape index (κ3) is 7.16. The van der Waals surface area contributed by atoms with Gasteiger partial charge in [-0.05, 0) is 5.92 Å². The second-order valence-electron chi connectivity index (χ2n) is 4.04. The van der Waals surface area contributed by atoms with Gasteiger partial charge in [0.25, 0.3) is 0 Å². The van der Waals surface area contributed by atoms with E-state index in [1.54, 1.807) is 0 Å². The number of sulfone groups is 1. The maximum atomic E-state index is 10.9. The molecule has 0 aliphatic heterocycles. The number of rotatable bonds is 7. The predicted molar refractivity (Wildman–Crippen MR) is 65.9 cm³/mol. The highest BCUT2D eigenvalue weighted by molar-refractivity contribution is 8.01. The molecule has 0 fully saturated rings. The summed E-state index contributed by atoms with van der Waals surface area (Å²) in [5, 5.41) is 9.05. The van der Waals surface area contributed by atoms with E-state index in [2.05, 4.69) is 0 Å². The van der Waals surface area contributed by atoms with Gasteiger partial charge in [-0.25, -0.2) is 8.42 Å². The second-order valence-corrected chi connectivity index (χ2v) is 7.65. The van der Waals surface area contributed by atoms with Crippen molar-refractivity contribution in [2.24, 2.45) is 11.7 Å². The molecule has 6 heteroatoms. The average molecular weight is 255 g/mol. The summed E-state index contributed by atoms with van der Waals surface area (Å²) in [6, 6.07) is -0.0976. The second kappa shape index (κ2) is 6.73. The minimum Gasteiger partial charge on any atom is -0.395 e. The topological polar surface area (TPSA) is 80.4 Å². The molecule has 0 aromatic carbocycles. The van der Waals surface area contributed by atoms with Gasteiger partial charge < -0.3 is 10.8 Å². The summed E-state index contributed by atoms with van der Waals surface area (Å²) < 4.78 is 21.8. The number of nitrogens with two attached hydrogens (primary N) is 1. The van der Waals surface area contributed by atoms with Gasteiger partial charge in [-0.1, -0.05) is 13.8 Å². The lowest BCUT2D eigenvalue weighted by atomic mass is 10.0. The largest absolute Gasteiger partial charge is 0.395 e.